The third-order valence-electron chi connectivity index (χ3n) is 4.54. The second-order valence-corrected chi connectivity index (χ2v) is 6.82. The lowest BCUT2D eigenvalue weighted by Crippen LogP contribution is -1.98. The highest BCUT2D eigenvalue weighted by Gasteiger charge is 2.10. The van der Waals surface area contributed by atoms with Crippen LogP contribution in [0.4, 0.5) is 11.4 Å². The molecule has 28 heavy (non-hydrogen) atoms. The van der Waals surface area contributed by atoms with E-state index < -0.39 is 0 Å². The van der Waals surface area contributed by atoms with Crippen LogP contribution >= 0.6 is 0 Å². The fourth-order valence-electron chi connectivity index (χ4n) is 3.16. The summed E-state index contributed by atoms with van der Waals surface area (Å²) in [6, 6.07) is 22.1. The number of fused-ring (bicyclic) bond motifs is 1. The zero-order valence-corrected chi connectivity index (χ0v) is 16.1. The summed E-state index contributed by atoms with van der Waals surface area (Å²) in [5.41, 5.74) is 4.86. The topological polar surface area (TPSA) is 47.0 Å². The molecule has 0 amide bonds. The minimum Gasteiger partial charge on any atom is -0.455 e. The van der Waals surface area contributed by atoms with Crippen molar-refractivity contribution in [2.75, 3.05) is 5.32 Å². The molecule has 140 valence electrons. The van der Waals surface area contributed by atoms with Gasteiger partial charge in [0.05, 0.1) is 11.4 Å². The Kier molecular flexibility index (Phi) is 5.20. The Hall–Kier alpha value is -3.40. The van der Waals surface area contributed by atoms with Crippen LogP contribution in [0.1, 0.15) is 24.6 Å². The van der Waals surface area contributed by atoms with Crippen molar-refractivity contribution in [2.24, 2.45) is 0 Å². The first-order valence-electron chi connectivity index (χ1n) is 9.58. The highest BCUT2D eigenvalue weighted by Crippen LogP contribution is 2.34. The minimum atomic E-state index is 0.758. The number of pyridine rings is 2. The quantitative estimate of drug-likeness (QED) is 0.425. The molecule has 0 saturated heterocycles. The largest absolute Gasteiger partial charge is 0.455 e. The lowest BCUT2D eigenvalue weighted by molar-refractivity contribution is 0.485. The van der Waals surface area contributed by atoms with Gasteiger partial charge < -0.3 is 10.1 Å². The van der Waals surface area contributed by atoms with Crippen molar-refractivity contribution in [3.63, 3.8) is 0 Å². The molecule has 2 aromatic carbocycles. The average molecular weight is 369 g/mol. The molecular formula is C24H23N3O. The summed E-state index contributed by atoms with van der Waals surface area (Å²) in [6.45, 7) is 4.23. The molecule has 0 spiro atoms. The molecule has 4 nitrogen and oxygen atoms in total. The van der Waals surface area contributed by atoms with Gasteiger partial charge in [-0.25, -0.2) is 9.97 Å². The van der Waals surface area contributed by atoms with Gasteiger partial charge in [0, 0.05) is 17.3 Å². The van der Waals surface area contributed by atoms with Crippen molar-refractivity contribution in [3.8, 4) is 11.5 Å². The number of nitrogens with one attached hydrogen (secondary N) is 1. The van der Waals surface area contributed by atoms with Crippen molar-refractivity contribution >= 4 is 22.4 Å². The van der Waals surface area contributed by atoms with E-state index in [-0.39, 0.29) is 0 Å². The molecule has 2 aromatic heterocycles. The SMILES string of the molecule is CCCc1ccc2c(Nc3cc(C)ccc3Oc3ccccc3)ccnc2n1. The highest BCUT2D eigenvalue weighted by molar-refractivity contribution is 5.91. The van der Waals surface area contributed by atoms with Gasteiger partial charge in [-0.05, 0) is 61.4 Å². The molecule has 0 unspecified atom stereocenters. The van der Waals surface area contributed by atoms with Crippen LogP contribution < -0.4 is 10.1 Å². The predicted octanol–water partition coefficient (Wildman–Crippen LogP) is 6.43. The molecule has 4 aromatic rings. The third kappa shape index (κ3) is 3.96. The van der Waals surface area contributed by atoms with Crippen LogP contribution in [0, 0.1) is 6.92 Å². The molecule has 0 fully saturated rings. The van der Waals surface area contributed by atoms with Crippen molar-refractivity contribution < 1.29 is 4.74 Å². The van der Waals surface area contributed by atoms with Crippen LogP contribution in [0.5, 0.6) is 11.5 Å². The van der Waals surface area contributed by atoms with Crippen LogP contribution in [0.15, 0.2) is 72.9 Å². The van der Waals surface area contributed by atoms with Gasteiger partial charge in [-0.2, -0.15) is 0 Å². The van der Waals surface area contributed by atoms with Crippen LogP contribution in [0.2, 0.25) is 0 Å². The molecule has 0 aliphatic rings. The first-order valence-corrected chi connectivity index (χ1v) is 9.58. The third-order valence-corrected chi connectivity index (χ3v) is 4.54. The first kappa shape index (κ1) is 18.0. The van der Waals surface area contributed by atoms with E-state index in [2.05, 4.69) is 42.3 Å². The summed E-state index contributed by atoms with van der Waals surface area (Å²) in [7, 11) is 0. The highest BCUT2D eigenvalue weighted by atomic mass is 16.5. The molecule has 0 radical (unpaired) electrons. The predicted molar refractivity (Wildman–Crippen MR) is 115 cm³/mol. The molecule has 2 heterocycles. The van der Waals surface area contributed by atoms with Crippen molar-refractivity contribution in [1.29, 1.82) is 0 Å². The second-order valence-electron chi connectivity index (χ2n) is 6.82. The lowest BCUT2D eigenvalue weighted by atomic mass is 10.1. The van der Waals surface area contributed by atoms with Gasteiger partial charge in [0.2, 0.25) is 0 Å². The number of ether oxygens (including phenoxy) is 1. The number of rotatable bonds is 6. The van der Waals surface area contributed by atoms with Gasteiger partial charge in [0.15, 0.2) is 11.4 Å². The Labute approximate surface area is 165 Å². The van der Waals surface area contributed by atoms with Crippen LogP contribution in [0.3, 0.4) is 0 Å². The van der Waals surface area contributed by atoms with E-state index in [1.54, 1.807) is 6.20 Å². The maximum absolute atomic E-state index is 6.11. The fraction of sp³-hybridized carbons (Fsp3) is 0.167. The summed E-state index contributed by atoms with van der Waals surface area (Å²) in [5.74, 6) is 1.58. The minimum absolute atomic E-state index is 0.758. The summed E-state index contributed by atoms with van der Waals surface area (Å²) < 4.78 is 6.11. The van der Waals surface area contributed by atoms with E-state index in [0.717, 1.165) is 58.0 Å². The molecule has 0 saturated carbocycles. The number of para-hydroxylation sites is 1. The van der Waals surface area contributed by atoms with Gasteiger partial charge in [-0.1, -0.05) is 37.6 Å². The molecule has 1 N–H and O–H groups in total. The number of benzene rings is 2. The number of aryl methyl sites for hydroxylation is 2. The zero-order chi connectivity index (χ0) is 19.3. The van der Waals surface area contributed by atoms with E-state index in [4.69, 9.17) is 9.72 Å². The van der Waals surface area contributed by atoms with E-state index in [0.29, 0.717) is 0 Å². The Morgan fingerprint density at radius 3 is 2.61 bits per heavy atom. The maximum atomic E-state index is 6.11. The van der Waals surface area contributed by atoms with Gasteiger partial charge in [0.1, 0.15) is 5.75 Å². The van der Waals surface area contributed by atoms with Gasteiger partial charge in [-0.15, -0.1) is 0 Å². The lowest BCUT2D eigenvalue weighted by Gasteiger charge is -2.15. The Morgan fingerprint density at radius 1 is 0.929 bits per heavy atom. The number of aromatic nitrogens is 2. The number of hydrogen-bond acceptors (Lipinski definition) is 4. The normalized spacial score (nSPS) is 10.8. The maximum Gasteiger partial charge on any atom is 0.161 e. The Morgan fingerprint density at radius 2 is 1.79 bits per heavy atom. The van der Waals surface area contributed by atoms with Crippen LogP contribution in [-0.4, -0.2) is 9.97 Å². The van der Waals surface area contributed by atoms with E-state index in [1.807, 2.05) is 48.5 Å². The average Bonchev–Trinajstić information content (AvgIpc) is 2.71. The van der Waals surface area contributed by atoms with Gasteiger partial charge in [0.25, 0.3) is 0 Å². The van der Waals surface area contributed by atoms with Crippen molar-refractivity contribution in [2.45, 2.75) is 26.7 Å². The fourth-order valence-corrected chi connectivity index (χ4v) is 3.16. The summed E-state index contributed by atoms with van der Waals surface area (Å²) >= 11 is 0. The first-order chi connectivity index (χ1) is 13.7. The smallest absolute Gasteiger partial charge is 0.161 e. The summed E-state index contributed by atoms with van der Waals surface area (Å²) in [6.07, 6.45) is 3.82. The monoisotopic (exact) mass is 369 g/mol. The Bertz CT molecular complexity index is 1090. The number of nitrogens with zero attached hydrogens (tertiary/aromatic N) is 2. The molecule has 0 bridgehead atoms. The van der Waals surface area contributed by atoms with E-state index >= 15 is 0 Å². The molecule has 4 rings (SSSR count). The molecule has 4 heteroatoms. The summed E-state index contributed by atoms with van der Waals surface area (Å²) in [4.78, 5) is 9.14. The molecule has 0 atom stereocenters. The number of anilines is 2. The van der Waals surface area contributed by atoms with Gasteiger partial charge >= 0.3 is 0 Å². The molecule has 0 aliphatic carbocycles. The van der Waals surface area contributed by atoms with Crippen molar-refractivity contribution in [1.82, 2.24) is 9.97 Å². The van der Waals surface area contributed by atoms with Crippen molar-refractivity contribution in [3.05, 3.63) is 84.2 Å². The van der Waals surface area contributed by atoms with E-state index in [9.17, 15) is 0 Å². The molecule has 0 aliphatic heterocycles. The molecular weight excluding hydrogens is 346 g/mol. The zero-order valence-electron chi connectivity index (χ0n) is 16.1. The van der Waals surface area contributed by atoms with Crippen LogP contribution in [-0.2, 0) is 6.42 Å². The number of hydrogen-bond donors (Lipinski definition) is 1. The Balaban J connectivity index is 1.70. The standard InChI is InChI=1S/C24H23N3O/c1-3-7-18-11-12-20-21(14-15-25-24(20)26-18)27-22-16-17(2)10-13-23(22)28-19-8-5-4-6-9-19/h4-6,8-16H,3,7H2,1-2H3,(H,25,26,27). The van der Waals surface area contributed by atoms with E-state index in [1.165, 1.54) is 0 Å². The summed E-state index contributed by atoms with van der Waals surface area (Å²) in [5, 5.41) is 4.52. The van der Waals surface area contributed by atoms with Crippen LogP contribution in [0.25, 0.3) is 11.0 Å². The second kappa shape index (κ2) is 8.09. The van der Waals surface area contributed by atoms with Gasteiger partial charge in [-0.3, -0.25) is 0 Å².